The van der Waals surface area contributed by atoms with Crippen LogP contribution in [0.25, 0.3) is 5.57 Å². The normalized spacial score (nSPS) is 14.1. The molecule has 0 saturated heterocycles. The van der Waals surface area contributed by atoms with Crippen LogP contribution in [-0.2, 0) is 13.0 Å². The Hall–Kier alpha value is -4.57. The van der Waals surface area contributed by atoms with Crippen molar-refractivity contribution in [2.75, 3.05) is 20.3 Å². The quantitative estimate of drug-likeness (QED) is 0.392. The highest BCUT2D eigenvalue weighted by atomic mass is 19.1. The number of carbonyl (C=O) groups excluding carboxylic acids is 2. The molecule has 2 amide bonds. The minimum Gasteiger partial charge on any atom is -0.496 e. The van der Waals surface area contributed by atoms with Gasteiger partial charge in [-0.05, 0) is 79.4 Å². The molecule has 4 rings (SSSR count). The van der Waals surface area contributed by atoms with E-state index >= 15 is 0 Å². The largest absolute Gasteiger partial charge is 0.496 e. The van der Waals surface area contributed by atoms with Crippen molar-refractivity contribution in [1.29, 1.82) is 0 Å². The van der Waals surface area contributed by atoms with E-state index in [4.69, 9.17) is 4.74 Å². The van der Waals surface area contributed by atoms with Gasteiger partial charge >= 0.3 is 0 Å². The van der Waals surface area contributed by atoms with Crippen LogP contribution in [0.4, 0.5) is 4.39 Å². The van der Waals surface area contributed by atoms with E-state index < -0.39 is 11.7 Å². The number of rotatable bonds is 9. The van der Waals surface area contributed by atoms with E-state index in [0.717, 1.165) is 16.7 Å². The molecule has 3 aromatic rings. The molecule has 0 saturated carbocycles. The highest BCUT2D eigenvalue weighted by Gasteiger charge is 2.25. The number of hydrogen-bond acceptors (Lipinski definition) is 6. The van der Waals surface area contributed by atoms with Gasteiger partial charge in [0, 0.05) is 24.4 Å². The van der Waals surface area contributed by atoms with Gasteiger partial charge in [0.15, 0.2) is 5.82 Å². The zero-order valence-electron chi connectivity index (χ0n) is 22.7. The first kappa shape index (κ1) is 28.4. The average molecular weight is 546 g/mol. The van der Waals surface area contributed by atoms with Crippen LogP contribution in [-0.4, -0.2) is 56.8 Å². The van der Waals surface area contributed by atoms with Crippen molar-refractivity contribution in [2.45, 2.75) is 32.9 Å². The van der Waals surface area contributed by atoms with Crippen molar-refractivity contribution in [3.63, 3.8) is 0 Å². The molecule has 0 fully saturated rings. The zero-order chi connectivity index (χ0) is 28.8. The molecule has 1 aromatic heterocycles. The highest BCUT2D eigenvalue weighted by molar-refractivity contribution is 5.99. The lowest BCUT2D eigenvalue weighted by Gasteiger charge is -2.30. The summed E-state index contributed by atoms with van der Waals surface area (Å²) in [6.45, 7) is 8.45. The minimum absolute atomic E-state index is 0.0360. The number of methoxy groups -OCH3 is 1. The number of nitrogens with one attached hydrogen (secondary N) is 1. The fourth-order valence-electron chi connectivity index (χ4n) is 4.45. The lowest BCUT2D eigenvalue weighted by molar-refractivity contribution is 0.0734. The predicted octanol–water partition coefficient (Wildman–Crippen LogP) is 4.08. The summed E-state index contributed by atoms with van der Waals surface area (Å²) in [5.74, 6) is 0.0703. The number of nitrogens with zero attached hydrogens (tertiary/aromatic N) is 4. The summed E-state index contributed by atoms with van der Waals surface area (Å²) in [5, 5.41) is 20.3. The summed E-state index contributed by atoms with van der Waals surface area (Å²) in [6, 6.07) is 8.88. The molecule has 1 unspecified atom stereocenters. The van der Waals surface area contributed by atoms with Crippen LogP contribution in [0.5, 0.6) is 5.75 Å². The second kappa shape index (κ2) is 12.5. The molecule has 1 aliphatic heterocycles. The molecular formula is C30H32FN5O4. The van der Waals surface area contributed by atoms with Crippen molar-refractivity contribution in [3.8, 4) is 5.75 Å². The Morgan fingerprint density at radius 1 is 1.25 bits per heavy atom. The number of benzene rings is 2. The van der Waals surface area contributed by atoms with Gasteiger partial charge in [0.05, 0.1) is 25.3 Å². The number of ether oxygens (including phenoxy) is 1. The van der Waals surface area contributed by atoms with Crippen LogP contribution in [0.2, 0.25) is 0 Å². The van der Waals surface area contributed by atoms with Crippen molar-refractivity contribution < 1.29 is 23.8 Å². The van der Waals surface area contributed by atoms with Gasteiger partial charge in [-0.15, -0.1) is 10.2 Å². The van der Waals surface area contributed by atoms with E-state index in [1.54, 1.807) is 34.0 Å². The second-order valence-corrected chi connectivity index (χ2v) is 9.59. The second-order valence-electron chi connectivity index (χ2n) is 9.59. The molecule has 2 aromatic carbocycles. The van der Waals surface area contributed by atoms with Gasteiger partial charge in [0.1, 0.15) is 17.9 Å². The topological polar surface area (TPSA) is 110 Å². The number of aliphatic hydroxyl groups is 1. The van der Waals surface area contributed by atoms with Crippen LogP contribution >= 0.6 is 0 Å². The summed E-state index contributed by atoms with van der Waals surface area (Å²) < 4.78 is 20.6. The lowest BCUT2D eigenvalue weighted by Crippen LogP contribution is -2.36. The molecule has 2 N–H and O–H groups in total. The van der Waals surface area contributed by atoms with Gasteiger partial charge in [0.2, 0.25) is 0 Å². The molecular weight excluding hydrogens is 513 g/mol. The molecule has 0 radical (unpaired) electrons. The number of aromatic nitrogens is 3. The lowest BCUT2D eigenvalue weighted by atomic mass is 9.95. The SMILES string of the molecule is C=C(/C=C\C=C(/C)c1nncn1C(C)CO)NC(=O)c1cc2c(cc1OC)CCN(C(=O)c1ccc(F)cc1)C2. The monoisotopic (exact) mass is 545 g/mol. The van der Waals surface area contributed by atoms with Crippen LogP contribution < -0.4 is 10.1 Å². The highest BCUT2D eigenvalue weighted by Crippen LogP contribution is 2.29. The first-order valence-electron chi connectivity index (χ1n) is 12.8. The molecule has 9 nitrogen and oxygen atoms in total. The van der Waals surface area contributed by atoms with E-state index in [2.05, 4.69) is 22.1 Å². The van der Waals surface area contributed by atoms with Crippen molar-refractivity contribution >= 4 is 17.4 Å². The van der Waals surface area contributed by atoms with Crippen LogP contribution in [0.1, 0.15) is 57.6 Å². The van der Waals surface area contributed by atoms with E-state index in [9.17, 15) is 19.1 Å². The zero-order valence-corrected chi connectivity index (χ0v) is 22.7. The Balaban J connectivity index is 1.45. The third kappa shape index (κ3) is 6.35. The standard InChI is InChI=1S/C30H32FN5O4/c1-19(28-34-32-18-36(28)21(3)17-37)6-5-7-20(2)33-29(38)26-14-24-16-35(13-12-23(24)15-27(26)40-4)30(39)22-8-10-25(31)11-9-22/h5-11,14-15,18,21,37H,2,12-13,16-17H2,1,3-4H3,(H,33,38)/b7-5-,19-6+. The Labute approximate surface area is 232 Å². The molecule has 208 valence electrons. The molecule has 1 atom stereocenters. The van der Waals surface area contributed by atoms with Gasteiger partial charge in [-0.25, -0.2) is 4.39 Å². The van der Waals surface area contributed by atoms with Gasteiger partial charge in [-0.3, -0.25) is 9.59 Å². The smallest absolute Gasteiger partial charge is 0.259 e. The maximum absolute atomic E-state index is 13.3. The third-order valence-corrected chi connectivity index (χ3v) is 6.74. The molecule has 2 heterocycles. The Kier molecular flexibility index (Phi) is 8.90. The summed E-state index contributed by atoms with van der Waals surface area (Å²) in [7, 11) is 1.50. The fraction of sp³-hybridized carbons (Fsp3) is 0.267. The maximum Gasteiger partial charge on any atom is 0.259 e. The molecule has 40 heavy (non-hydrogen) atoms. The van der Waals surface area contributed by atoms with E-state index in [1.807, 2.05) is 26.0 Å². The van der Waals surface area contributed by atoms with Crippen LogP contribution in [0, 0.1) is 5.82 Å². The summed E-state index contributed by atoms with van der Waals surface area (Å²) in [5.41, 5.74) is 3.76. The molecule has 0 bridgehead atoms. The number of aliphatic hydroxyl groups excluding tert-OH is 1. The summed E-state index contributed by atoms with van der Waals surface area (Å²) >= 11 is 0. The summed E-state index contributed by atoms with van der Waals surface area (Å²) in [6.07, 6.45) is 7.39. The predicted molar refractivity (Wildman–Crippen MR) is 149 cm³/mol. The van der Waals surface area contributed by atoms with E-state index in [1.165, 1.54) is 31.4 Å². The van der Waals surface area contributed by atoms with E-state index in [0.29, 0.717) is 47.9 Å². The minimum atomic E-state index is -0.400. The molecule has 0 aliphatic carbocycles. The molecule has 1 aliphatic rings. The Bertz CT molecular complexity index is 1480. The van der Waals surface area contributed by atoms with Crippen molar-refractivity contribution in [3.05, 3.63) is 107 Å². The molecule has 0 spiro atoms. The number of hydrogen-bond donors (Lipinski definition) is 2. The van der Waals surface area contributed by atoms with Crippen molar-refractivity contribution in [1.82, 2.24) is 25.0 Å². The van der Waals surface area contributed by atoms with Gasteiger partial charge in [-0.1, -0.05) is 18.7 Å². The number of allylic oxidation sites excluding steroid dienone is 4. The summed E-state index contributed by atoms with van der Waals surface area (Å²) in [4.78, 5) is 27.8. The van der Waals surface area contributed by atoms with E-state index in [-0.39, 0.29) is 18.6 Å². The number of fused-ring (bicyclic) bond motifs is 1. The van der Waals surface area contributed by atoms with Gasteiger partial charge in [-0.2, -0.15) is 0 Å². The first-order valence-corrected chi connectivity index (χ1v) is 12.8. The van der Waals surface area contributed by atoms with Crippen LogP contribution in [0.15, 0.2) is 73.2 Å². The van der Waals surface area contributed by atoms with Crippen LogP contribution in [0.3, 0.4) is 0 Å². The fourth-order valence-corrected chi connectivity index (χ4v) is 4.45. The number of amides is 2. The Morgan fingerprint density at radius 3 is 2.70 bits per heavy atom. The van der Waals surface area contributed by atoms with Crippen molar-refractivity contribution in [2.24, 2.45) is 0 Å². The molecule has 10 heteroatoms. The van der Waals surface area contributed by atoms with Gasteiger partial charge < -0.3 is 24.6 Å². The maximum atomic E-state index is 13.3. The number of carbonyl (C=O) groups is 2. The first-order chi connectivity index (χ1) is 19.2. The number of halogens is 1. The third-order valence-electron chi connectivity index (χ3n) is 6.74. The Morgan fingerprint density at radius 2 is 2.00 bits per heavy atom. The van der Waals surface area contributed by atoms with Gasteiger partial charge in [0.25, 0.3) is 11.8 Å². The average Bonchev–Trinajstić information content (AvgIpc) is 3.46.